The summed E-state index contributed by atoms with van der Waals surface area (Å²) >= 11 is 1.58. The zero-order chi connectivity index (χ0) is 17.0. The molecule has 2 atom stereocenters. The fourth-order valence-electron chi connectivity index (χ4n) is 2.52. The Morgan fingerprint density at radius 2 is 2.04 bits per heavy atom. The minimum absolute atomic E-state index is 0.0239. The van der Waals surface area contributed by atoms with Crippen molar-refractivity contribution in [1.82, 2.24) is 15.1 Å². The van der Waals surface area contributed by atoms with Gasteiger partial charge in [0.1, 0.15) is 11.4 Å². The Balaban J connectivity index is 2.06. The van der Waals surface area contributed by atoms with Crippen molar-refractivity contribution in [3.8, 4) is 0 Å². The Morgan fingerprint density at radius 3 is 2.65 bits per heavy atom. The molecule has 126 valence electrons. The molecule has 0 aliphatic carbocycles. The van der Waals surface area contributed by atoms with Gasteiger partial charge in [0.15, 0.2) is 0 Å². The molecule has 1 aromatic carbocycles. The average molecular weight is 335 g/mol. The van der Waals surface area contributed by atoms with Crippen molar-refractivity contribution in [3.05, 3.63) is 35.4 Å². The van der Waals surface area contributed by atoms with E-state index >= 15 is 0 Å². The van der Waals surface area contributed by atoms with Crippen LogP contribution in [0.2, 0.25) is 0 Å². The molecule has 6 heteroatoms. The zero-order valence-corrected chi connectivity index (χ0v) is 15.0. The Morgan fingerprint density at radius 1 is 1.39 bits per heavy atom. The van der Waals surface area contributed by atoms with Crippen LogP contribution in [-0.4, -0.2) is 60.6 Å². The minimum atomic E-state index is -0.467. The van der Waals surface area contributed by atoms with Gasteiger partial charge in [0, 0.05) is 13.1 Å². The second kappa shape index (κ2) is 7.84. The predicted octanol–water partition coefficient (Wildman–Crippen LogP) is 1.64. The van der Waals surface area contributed by atoms with Crippen molar-refractivity contribution >= 4 is 23.6 Å². The summed E-state index contributed by atoms with van der Waals surface area (Å²) in [5.74, 6) is 0.351. The standard InChI is InChI=1S/C17H25N3O2S/c1-12-5-7-14(8-6-12)17-20(15(21)11-23-17)13(2)16(22)18-9-10-19(3)4/h5-8,13,17H,9-11H2,1-4H3,(H,18,22). The van der Waals surface area contributed by atoms with E-state index < -0.39 is 6.04 Å². The molecule has 2 rings (SSSR count). The molecule has 2 unspecified atom stereocenters. The molecule has 5 nitrogen and oxygen atoms in total. The van der Waals surface area contributed by atoms with Crippen molar-refractivity contribution in [2.75, 3.05) is 32.9 Å². The Labute approximate surface area is 142 Å². The first-order chi connectivity index (χ1) is 10.9. The fourth-order valence-corrected chi connectivity index (χ4v) is 3.78. The summed E-state index contributed by atoms with van der Waals surface area (Å²) in [4.78, 5) is 28.3. The molecule has 0 bridgehead atoms. The highest BCUT2D eigenvalue weighted by Crippen LogP contribution is 2.39. The van der Waals surface area contributed by atoms with Crippen LogP contribution in [-0.2, 0) is 9.59 Å². The van der Waals surface area contributed by atoms with E-state index in [0.29, 0.717) is 12.3 Å². The lowest BCUT2D eigenvalue weighted by atomic mass is 10.1. The number of benzene rings is 1. The minimum Gasteiger partial charge on any atom is -0.353 e. The van der Waals surface area contributed by atoms with E-state index in [-0.39, 0.29) is 17.2 Å². The molecule has 0 aromatic heterocycles. The smallest absolute Gasteiger partial charge is 0.242 e. The van der Waals surface area contributed by atoms with Gasteiger partial charge < -0.3 is 15.1 Å². The monoisotopic (exact) mass is 335 g/mol. The van der Waals surface area contributed by atoms with E-state index in [9.17, 15) is 9.59 Å². The third kappa shape index (κ3) is 4.48. The molecule has 23 heavy (non-hydrogen) atoms. The maximum absolute atomic E-state index is 12.4. The van der Waals surface area contributed by atoms with E-state index in [1.807, 2.05) is 50.2 Å². The van der Waals surface area contributed by atoms with Crippen molar-refractivity contribution in [3.63, 3.8) is 0 Å². The van der Waals surface area contributed by atoms with Crippen LogP contribution in [0.3, 0.4) is 0 Å². The quantitative estimate of drug-likeness (QED) is 0.859. The summed E-state index contributed by atoms with van der Waals surface area (Å²) in [6.07, 6.45) is 0. The highest BCUT2D eigenvalue weighted by molar-refractivity contribution is 8.00. The topological polar surface area (TPSA) is 52.7 Å². The molecule has 1 N–H and O–H groups in total. The van der Waals surface area contributed by atoms with Gasteiger partial charge in [-0.25, -0.2) is 0 Å². The van der Waals surface area contributed by atoms with Crippen LogP contribution in [0.5, 0.6) is 0 Å². The number of carbonyl (C=O) groups is 2. The molecule has 1 aromatic rings. The Kier molecular flexibility index (Phi) is 6.07. The summed E-state index contributed by atoms with van der Waals surface area (Å²) in [6, 6.07) is 7.69. The predicted molar refractivity (Wildman–Crippen MR) is 94.2 cm³/mol. The number of thioether (sulfide) groups is 1. The molecule has 1 fully saturated rings. The molecule has 1 saturated heterocycles. The maximum atomic E-state index is 12.4. The van der Waals surface area contributed by atoms with Crippen molar-refractivity contribution in [2.24, 2.45) is 0 Å². The maximum Gasteiger partial charge on any atom is 0.242 e. The number of hydrogen-bond acceptors (Lipinski definition) is 4. The van der Waals surface area contributed by atoms with E-state index in [4.69, 9.17) is 0 Å². The molecular weight excluding hydrogens is 310 g/mol. The van der Waals surface area contributed by atoms with Gasteiger partial charge in [-0.2, -0.15) is 0 Å². The van der Waals surface area contributed by atoms with Gasteiger partial charge in [-0.3, -0.25) is 9.59 Å². The number of likely N-dealkylation sites (N-methyl/N-ethyl adjacent to an activating group) is 1. The average Bonchev–Trinajstić information content (AvgIpc) is 2.88. The number of nitrogens with one attached hydrogen (secondary N) is 1. The molecule has 0 radical (unpaired) electrons. The van der Waals surface area contributed by atoms with Crippen LogP contribution >= 0.6 is 11.8 Å². The van der Waals surface area contributed by atoms with Gasteiger partial charge >= 0.3 is 0 Å². The van der Waals surface area contributed by atoms with Crippen molar-refractivity contribution in [2.45, 2.75) is 25.3 Å². The lowest BCUT2D eigenvalue weighted by Gasteiger charge is -2.29. The van der Waals surface area contributed by atoms with Crippen LogP contribution < -0.4 is 5.32 Å². The van der Waals surface area contributed by atoms with E-state index in [1.54, 1.807) is 23.6 Å². The first kappa shape index (κ1) is 17.8. The summed E-state index contributed by atoms with van der Waals surface area (Å²) in [5, 5.41) is 2.82. The number of rotatable bonds is 6. The van der Waals surface area contributed by atoms with E-state index in [2.05, 4.69) is 5.32 Å². The third-order valence-corrected chi connectivity index (χ3v) is 5.15. The lowest BCUT2D eigenvalue weighted by molar-refractivity contribution is -0.137. The molecule has 0 spiro atoms. The second-order valence-electron chi connectivity index (χ2n) is 6.15. The zero-order valence-electron chi connectivity index (χ0n) is 14.2. The number of amides is 2. The van der Waals surface area contributed by atoms with Gasteiger partial charge in [-0.1, -0.05) is 29.8 Å². The fraction of sp³-hybridized carbons (Fsp3) is 0.529. The van der Waals surface area contributed by atoms with Gasteiger partial charge in [0.25, 0.3) is 0 Å². The highest BCUT2D eigenvalue weighted by atomic mass is 32.2. The van der Waals surface area contributed by atoms with E-state index in [1.165, 1.54) is 5.56 Å². The van der Waals surface area contributed by atoms with Gasteiger partial charge in [0.05, 0.1) is 5.75 Å². The molecule has 2 amide bonds. The van der Waals surface area contributed by atoms with Crippen LogP contribution in [0.4, 0.5) is 0 Å². The number of hydrogen-bond donors (Lipinski definition) is 1. The molecule has 1 aliphatic heterocycles. The molecule has 1 heterocycles. The summed E-state index contributed by atoms with van der Waals surface area (Å²) in [6.45, 7) is 5.20. The highest BCUT2D eigenvalue weighted by Gasteiger charge is 2.38. The first-order valence-corrected chi connectivity index (χ1v) is 8.87. The number of nitrogens with zero attached hydrogens (tertiary/aromatic N) is 2. The first-order valence-electron chi connectivity index (χ1n) is 7.82. The molecule has 0 saturated carbocycles. The largest absolute Gasteiger partial charge is 0.353 e. The molecule has 1 aliphatic rings. The van der Waals surface area contributed by atoms with Gasteiger partial charge in [-0.15, -0.1) is 11.8 Å². The van der Waals surface area contributed by atoms with Gasteiger partial charge in [-0.05, 0) is 33.5 Å². The summed E-state index contributed by atoms with van der Waals surface area (Å²) < 4.78 is 0. The third-order valence-electron chi connectivity index (χ3n) is 3.92. The van der Waals surface area contributed by atoms with Crippen LogP contribution in [0.25, 0.3) is 0 Å². The Bertz CT molecular complexity index is 559. The van der Waals surface area contributed by atoms with Crippen molar-refractivity contribution < 1.29 is 9.59 Å². The van der Waals surface area contributed by atoms with Crippen molar-refractivity contribution in [1.29, 1.82) is 0 Å². The van der Waals surface area contributed by atoms with Crippen LogP contribution in [0.1, 0.15) is 23.4 Å². The number of carbonyl (C=O) groups excluding carboxylic acids is 2. The molecular formula is C17H25N3O2S. The van der Waals surface area contributed by atoms with Gasteiger partial charge in [0.2, 0.25) is 11.8 Å². The summed E-state index contributed by atoms with van der Waals surface area (Å²) in [5.41, 5.74) is 2.25. The normalized spacial score (nSPS) is 19.3. The van der Waals surface area contributed by atoms with Crippen LogP contribution in [0, 0.1) is 6.92 Å². The van der Waals surface area contributed by atoms with E-state index in [0.717, 1.165) is 12.1 Å². The lowest BCUT2D eigenvalue weighted by Crippen LogP contribution is -2.47. The Hall–Kier alpha value is -1.53. The summed E-state index contributed by atoms with van der Waals surface area (Å²) in [7, 11) is 3.92. The second-order valence-corrected chi connectivity index (χ2v) is 7.21. The SMILES string of the molecule is Cc1ccc(C2SCC(=O)N2C(C)C(=O)NCCN(C)C)cc1. The number of aryl methyl sites for hydroxylation is 1. The van der Waals surface area contributed by atoms with Crippen LogP contribution in [0.15, 0.2) is 24.3 Å².